The first-order valence-electron chi connectivity index (χ1n) is 10.9. The van der Waals surface area contributed by atoms with E-state index in [0.717, 1.165) is 39.0 Å². The number of rotatable bonds is 6. The first-order valence-corrected chi connectivity index (χ1v) is 10.9. The van der Waals surface area contributed by atoms with Crippen LogP contribution in [-0.2, 0) is 11.3 Å². The van der Waals surface area contributed by atoms with Gasteiger partial charge in [0.2, 0.25) is 5.91 Å². The van der Waals surface area contributed by atoms with E-state index in [-0.39, 0.29) is 11.8 Å². The fraction of sp³-hybridized carbons (Fsp3) is 0.0741. The number of imidazole rings is 1. The highest BCUT2D eigenvalue weighted by molar-refractivity contribution is 6.21. The van der Waals surface area contributed by atoms with Crippen molar-refractivity contribution in [2.75, 3.05) is 0 Å². The highest BCUT2D eigenvalue weighted by atomic mass is 16.3. The molecule has 0 aliphatic carbocycles. The normalized spacial score (nSPS) is 11.6. The lowest BCUT2D eigenvalue weighted by Gasteiger charge is -2.10. The van der Waals surface area contributed by atoms with Gasteiger partial charge in [-0.15, -0.1) is 0 Å². The van der Waals surface area contributed by atoms with Gasteiger partial charge in [0.25, 0.3) is 0 Å². The number of H-pyrrole nitrogens is 2. The molecule has 0 unspecified atom stereocenters. The van der Waals surface area contributed by atoms with Crippen molar-refractivity contribution >= 4 is 28.2 Å². The maximum atomic E-state index is 11.2. The Morgan fingerprint density at radius 3 is 2.50 bits per heavy atom. The highest BCUT2D eigenvalue weighted by Crippen LogP contribution is 2.32. The second-order valence-electron chi connectivity index (χ2n) is 7.97. The Balaban J connectivity index is 1.59. The molecule has 168 valence electrons. The van der Waals surface area contributed by atoms with Gasteiger partial charge in [-0.1, -0.05) is 54.6 Å². The van der Waals surface area contributed by atoms with Crippen LogP contribution in [0.4, 0.5) is 5.69 Å². The average Bonchev–Trinajstić information content (AvgIpc) is 3.50. The Bertz CT molecular complexity index is 1460. The smallest absolute Gasteiger partial charge is 0.217 e. The maximum absolute atomic E-state index is 11.2. The topological polar surface area (TPSA) is 106 Å². The largest absolute Gasteiger partial charge is 0.494 e. The number of fused-ring (bicyclic) bond motifs is 1. The molecule has 5 aromatic rings. The first-order chi connectivity index (χ1) is 16.6. The number of hydrogen-bond donors (Lipinski definition) is 4. The number of nitrogens with zero attached hydrogens (tertiary/aromatic N) is 2. The Kier molecular flexibility index (Phi) is 5.66. The van der Waals surface area contributed by atoms with E-state index in [1.807, 2.05) is 72.8 Å². The van der Waals surface area contributed by atoms with Gasteiger partial charge in [-0.25, -0.2) is 9.98 Å². The summed E-state index contributed by atoms with van der Waals surface area (Å²) in [6, 6.07) is 23.4. The van der Waals surface area contributed by atoms with Crippen LogP contribution < -0.4 is 5.32 Å². The summed E-state index contributed by atoms with van der Waals surface area (Å²) in [5.74, 6) is -0.00928. The van der Waals surface area contributed by atoms with Gasteiger partial charge in [-0.3, -0.25) is 4.79 Å². The molecule has 0 spiro atoms. The molecule has 4 N–H and O–H groups in total. The molecule has 0 radical (unpaired) electrons. The van der Waals surface area contributed by atoms with E-state index in [9.17, 15) is 9.90 Å². The van der Waals surface area contributed by atoms with Crippen molar-refractivity contribution in [3.8, 4) is 17.1 Å². The second kappa shape index (κ2) is 9.07. The van der Waals surface area contributed by atoms with Gasteiger partial charge in [0, 0.05) is 29.9 Å². The zero-order chi connectivity index (χ0) is 23.5. The highest BCUT2D eigenvalue weighted by Gasteiger charge is 2.18. The molecule has 7 nitrogen and oxygen atoms in total. The lowest BCUT2D eigenvalue weighted by atomic mass is 9.99. The molecule has 0 aliphatic heterocycles. The minimum Gasteiger partial charge on any atom is -0.494 e. The number of amides is 1. The van der Waals surface area contributed by atoms with Gasteiger partial charge in [-0.2, -0.15) is 0 Å². The van der Waals surface area contributed by atoms with Crippen molar-refractivity contribution < 1.29 is 9.90 Å². The number of aromatic nitrogens is 3. The predicted octanol–water partition coefficient (Wildman–Crippen LogP) is 5.07. The van der Waals surface area contributed by atoms with Gasteiger partial charge in [-0.05, 0) is 29.3 Å². The molecule has 5 rings (SSSR count). The van der Waals surface area contributed by atoms with E-state index in [0.29, 0.717) is 17.8 Å². The number of aromatic amines is 2. The Hall–Kier alpha value is -4.65. The van der Waals surface area contributed by atoms with E-state index in [4.69, 9.17) is 4.99 Å². The summed E-state index contributed by atoms with van der Waals surface area (Å²) in [5, 5.41) is 14.5. The monoisotopic (exact) mass is 449 g/mol. The molecule has 0 fully saturated rings. The summed E-state index contributed by atoms with van der Waals surface area (Å²) in [4.78, 5) is 26.4. The van der Waals surface area contributed by atoms with Crippen LogP contribution in [0, 0.1) is 0 Å². The SMILES string of the molecule is CC(=O)NCc1ccc(C(=Nc2ccc(-c3cnc[nH]3)cc2)c2c(O)[nH]c3ccccc23)cc1. The Morgan fingerprint density at radius 1 is 1.03 bits per heavy atom. The fourth-order valence-electron chi connectivity index (χ4n) is 3.90. The standard InChI is InChI=1S/C27H23N5O2/c1-17(33)29-14-18-6-8-20(9-7-18)26(25-22-4-2-3-5-23(22)32-27(25)34)31-21-12-10-19(11-13-21)24-15-28-16-30-24/h2-13,15-16,32,34H,14H2,1H3,(H,28,30)(H,29,33). The summed E-state index contributed by atoms with van der Waals surface area (Å²) < 4.78 is 0. The number of nitrogens with one attached hydrogen (secondary N) is 3. The van der Waals surface area contributed by atoms with Gasteiger partial charge >= 0.3 is 0 Å². The molecule has 0 saturated heterocycles. The molecular weight excluding hydrogens is 426 g/mol. The fourth-order valence-corrected chi connectivity index (χ4v) is 3.90. The zero-order valence-electron chi connectivity index (χ0n) is 18.5. The third kappa shape index (κ3) is 4.31. The van der Waals surface area contributed by atoms with Crippen LogP contribution in [0.5, 0.6) is 5.88 Å². The minimum absolute atomic E-state index is 0.0661. The van der Waals surface area contributed by atoms with Crippen molar-refractivity contribution in [2.24, 2.45) is 4.99 Å². The number of benzene rings is 3. The molecular formula is C27H23N5O2. The van der Waals surface area contributed by atoms with Crippen LogP contribution >= 0.6 is 0 Å². The molecule has 0 aliphatic rings. The number of para-hydroxylation sites is 1. The van der Waals surface area contributed by atoms with Crippen LogP contribution in [0.2, 0.25) is 0 Å². The summed E-state index contributed by atoms with van der Waals surface area (Å²) in [7, 11) is 0. The lowest BCUT2D eigenvalue weighted by Crippen LogP contribution is -2.18. The number of carbonyl (C=O) groups is 1. The lowest BCUT2D eigenvalue weighted by molar-refractivity contribution is -0.119. The van der Waals surface area contributed by atoms with Crippen LogP contribution in [0.15, 0.2) is 90.3 Å². The average molecular weight is 450 g/mol. The quantitative estimate of drug-likeness (QED) is 0.272. The molecule has 34 heavy (non-hydrogen) atoms. The van der Waals surface area contributed by atoms with Gasteiger partial charge in [0.15, 0.2) is 5.88 Å². The van der Waals surface area contributed by atoms with Crippen molar-refractivity contribution in [2.45, 2.75) is 13.5 Å². The van der Waals surface area contributed by atoms with E-state index in [2.05, 4.69) is 20.3 Å². The van der Waals surface area contributed by atoms with Gasteiger partial charge in [0.05, 0.1) is 35.2 Å². The van der Waals surface area contributed by atoms with Crippen molar-refractivity contribution in [3.63, 3.8) is 0 Å². The number of carbonyl (C=O) groups excluding carboxylic acids is 1. The molecule has 7 heteroatoms. The molecule has 0 bridgehead atoms. The van der Waals surface area contributed by atoms with Crippen LogP contribution in [0.25, 0.3) is 22.2 Å². The molecule has 3 aromatic carbocycles. The first kappa shape index (κ1) is 21.2. The molecule has 0 saturated carbocycles. The third-order valence-corrected chi connectivity index (χ3v) is 5.61. The summed E-state index contributed by atoms with van der Waals surface area (Å²) in [6.45, 7) is 1.95. The van der Waals surface area contributed by atoms with Crippen molar-refractivity contribution in [3.05, 3.63) is 102 Å². The van der Waals surface area contributed by atoms with Crippen molar-refractivity contribution in [1.29, 1.82) is 0 Å². The molecule has 2 heterocycles. The van der Waals surface area contributed by atoms with Crippen LogP contribution in [0.3, 0.4) is 0 Å². The van der Waals surface area contributed by atoms with Gasteiger partial charge < -0.3 is 20.4 Å². The number of aromatic hydroxyl groups is 1. The Morgan fingerprint density at radius 2 is 1.79 bits per heavy atom. The predicted molar refractivity (Wildman–Crippen MR) is 133 cm³/mol. The van der Waals surface area contributed by atoms with Crippen LogP contribution in [0.1, 0.15) is 23.6 Å². The van der Waals surface area contributed by atoms with E-state index < -0.39 is 0 Å². The van der Waals surface area contributed by atoms with E-state index >= 15 is 0 Å². The third-order valence-electron chi connectivity index (χ3n) is 5.61. The van der Waals surface area contributed by atoms with Crippen molar-refractivity contribution in [1.82, 2.24) is 20.3 Å². The zero-order valence-corrected chi connectivity index (χ0v) is 18.5. The number of aliphatic imine (C=N–C) groups is 1. The Labute approximate surface area is 196 Å². The van der Waals surface area contributed by atoms with Crippen LogP contribution in [-0.4, -0.2) is 31.7 Å². The molecule has 2 aromatic heterocycles. The molecule has 0 atom stereocenters. The molecule has 1 amide bonds. The summed E-state index contributed by atoms with van der Waals surface area (Å²) in [6.07, 6.45) is 3.42. The second-order valence-corrected chi connectivity index (χ2v) is 7.97. The minimum atomic E-state index is -0.0754. The van der Waals surface area contributed by atoms with E-state index in [1.54, 1.807) is 12.5 Å². The van der Waals surface area contributed by atoms with E-state index in [1.165, 1.54) is 6.92 Å². The van der Waals surface area contributed by atoms with Gasteiger partial charge in [0.1, 0.15) is 0 Å². The number of hydrogen-bond acceptors (Lipinski definition) is 4. The maximum Gasteiger partial charge on any atom is 0.217 e. The summed E-state index contributed by atoms with van der Waals surface area (Å²) >= 11 is 0. The summed E-state index contributed by atoms with van der Waals surface area (Å²) in [5.41, 5.74) is 6.65.